The van der Waals surface area contributed by atoms with Crippen molar-refractivity contribution < 1.29 is 4.79 Å². The van der Waals surface area contributed by atoms with Crippen molar-refractivity contribution in [2.45, 2.75) is 37.1 Å². The van der Waals surface area contributed by atoms with Gasteiger partial charge in [-0.1, -0.05) is 18.2 Å². The molecule has 0 aliphatic heterocycles. The molecular weight excluding hydrogens is 286 g/mol. The summed E-state index contributed by atoms with van der Waals surface area (Å²) in [6, 6.07) is 13.7. The van der Waals surface area contributed by atoms with Gasteiger partial charge in [-0.15, -0.1) is 0 Å². The molecule has 0 radical (unpaired) electrons. The van der Waals surface area contributed by atoms with E-state index in [4.69, 9.17) is 5.26 Å². The summed E-state index contributed by atoms with van der Waals surface area (Å²) in [5, 5.41) is 12.3. The number of nitrogens with zero attached hydrogens (tertiary/aromatic N) is 2. The van der Waals surface area contributed by atoms with Gasteiger partial charge in [-0.2, -0.15) is 5.26 Å². The standard InChI is InChI=1S/C19H17N3O/c20-12-13-3-1-5-15(11-13)19(8-9-19)22-18(23)16-7-6-14-4-2-10-21-17(14)16/h1-5,10-11,16H,6-9H2,(H,22,23). The largest absolute Gasteiger partial charge is 0.346 e. The molecule has 1 N–H and O–H groups in total. The Kier molecular flexibility index (Phi) is 3.16. The summed E-state index contributed by atoms with van der Waals surface area (Å²) in [5.41, 5.74) is 3.48. The van der Waals surface area contributed by atoms with E-state index < -0.39 is 0 Å². The number of fused-ring (bicyclic) bond motifs is 1. The lowest BCUT2D eigenvalue weighted by atomic mass is 10.00. The summed E-state index contributed by atoms with van der Waals surface area (Å²) in [4.78, 5) is 17.2. The second kappa shape index (κ2) is 5.20. The van der Waals surface area contributed by atoms with Crippen LogP contribution in [0, 0.1) is 11.3 Å². The van der Waals surface area contributed by atoms with Crippen molar-refractivity contribution in [2.24, 2.45) is 0 Å². The van der Waals surface area contributed by atoms with Crippen LogP contribution in [0.25, 0.3) is 0 Å². The molecule has 1 atom stereocenters. The number of carbonyl (C=O) groups excluding carboxylic acids is 1. The van der Waals surface area contributed by atoms with Gasteiger partial charge in [0.1, 0.15) is 0 Å². The van der Waals surface area contributed by atoms with Crippen molar-refractivity contribution in [3.63, 3.8) is 0 Å². The van der Waals surface area contributed by atoms with Crippen molar-refractivity contribution in [1.82, 2.24) is 10.3 Å². The zero-order chi connectivity index (χ0) is 15.9. The average molecular weight is 303 g/mol. The summed E-state index contributed by atoms with van der Waals surface area (Å²) in [5.74, 6) is -0.0925. The van der Waals surface area contributed by atoms with Gasteiger partial charge in [0.15, 0.2) is 0 Å². The Hall–Kier alpha value is -2.67. The van der Waals surface area contributed by atoms with Crippen LogP contribution >= 0.6 is 0 Å². The molecule has 0 saturated heterocycles. The number of hydrogen-bond acceptors (Lipinski definition) is 3. The Morgan fingerprint density at radius 1 is 1.30 bits per heavy atom. The highest BCUT2D eigenvalue weighted by Gasteiger charge is 2.47. The number of nitrogens with one attached hydrogen (secondary N) is 1. The van der Waals surface area contributed by atoms with Gasteiger partial charge in [0.05, 0.1) is 28.8 Å². The third-order valence-corrected chi connectivity index (χ3v) is 4.93. The van der Waals surface area contributed by atoms with Gasteiger partial charge in [-0.25, -0.2) is 0 Å². The van der Waals surface area contributed by atoms with Crippen LogP contribution in [0.3, 0.4) is 0 Å². The molecule has 23 heavy (non-hydrogen) atoms. The van der Waals surface area contributed by atoms with Gasteiger partial charge in [0.25, 0.3) is 0 Å². The van der Waals surface area contributed by atoms with Gasteiger partial charge in [0.2, 0.25) is 5.91 Å². The van der Waals surface area contributed by atoms with Crippen LogP contribution in [0.2, 0.25) is 0 Å². The first-order valence-electron chi connectivity index (χ1n) is 7.98. The molecule has 1 fully saturated rings. The highest BCUT2D eigenvalue weighted by molar-refractivity contribution is 5.85. The van der Waals surface area contributed by atoms with Gasteiger partial charge >= 0.3 is 0 Å². The normalized spacial score (nSPS) is 20.4. The summed E-state index contributed by atoms with van der Waals surface area (Å²) >= 11 is 0. The Morgan fingerprint density at radius 2 is 2.17 bits per heavy atom. The van der Waals surface area contributed by atoms with Gasteiger partial charge in [-0.05, 0) is 55.0 Å². The molecule has 1 unspecified atom stereocenters. The first-order valence-corrected chi connectivity index (χ1v) is 7.98. The second-order valence-corrected chi connectivity index (χ2v) is 6.40. The molecule has 4 nitrogen and oxygen atoms in total. The fourth-order valence-corrected chi connectivity index (χ4v) is 3.49. The average Bonchev–Trinajstić information content (AvgIpc) is 3.24. The third-order valence-electron chi connectivity index (χ3n) is 4.93. The van der Waals surface area contributed by atoms with Crippen molar-refractivity contribution in [1.29, 1.82) is 5.26 Å². The Balaban J connectivity index is 1.56. The molecule has 2 aromatic rings. The molecule has 1 heterocycles. The van der Waals surface area contributed by atoms with E-state index >= 15 is 0 Å². The van der Waals surface area contributed by atoms with Gasteiger partial charge in [-0.3, -0.25) is 9.78 Å². The zero-order valence-electron chi connectivity index (χ0n) is 12.7. The molecule has 2 aliphatic carbocycles. The molecule has 4 heteroatoms. The molecule has 4 rings (SSSR count). The highest BCUT2D eigenvalue weighted by atomic mass is 16.2. The second-order valence-electron chi connectivity index (χ2n) is 6.40. The topological polar surface area (TPSA) is 65.8 Å². The fraction of sp³-hybridized carbons (Fsp3) is 0.316. The predicted molar refractivity (Wildman–Crippen MR) is 85.5 cm³/mol. The molecular formula is C19H17N3O. The van der Waals surface area contributed by atoms with Crippen LogP contribution in [0.15, 0.2) is 42.6 Å². The van der Waals surface area contributed by atoms with Crippen molar-refractivity contribution in [3.05, 3.63) is 65.0 Å². The number of benzene rings is 1. The molecule has 0 spiro atoms. The van der Waals surface area contributed by atoms with E-state index in [1.807, 2.05) is 24.3 Å². The summed E-state index contributed by atoms with van der Waals surface area (Å²) in [6.45, 7) is 0. The maximum atomic E-state index is 12.8. The van der Waals surface area contributed by atoms with Crippen LogP contribution in [0.1, 0.15) is 47.6 Å². The smallest absolute Gasteiger partial charge is 0.229 e. The number of carbonyl (C=O) groups is 1. The lowest BCUT2D eigenvalue weighted by molar-refractivity contribution is -0.123. The quantitative estimate of drug-likeness (QED) is 0.948. The minimum atomic E-state index is -0.290. The summed E-state index contributed by atoms with van der Waals surface area (Å²) in [6.07, 6.45) is 5.35. The maximum absolute atomic E-state index is 12.8. The number of nitriles is 1. The van der Waals surface area contributed by atoms with Crippen LogP contribution in [0.4, 0.5) is 0 Å². The minimum Gasteiger partial charge on any atom is -0.346 e. The van der Waals surface area contributed by atoms with Crippen LogP contribution in [-0.4, -0.2) is 10.9 Å². The lowest BCUT2D eigenvalue weighted by Crippen LogP contribution is -2.38. The minimum absolute atomic E-state index is 0.0577. The molecule has 1 aromatic heterocycles. The Morgan fingerprint density at radius 3 is 2.96 bits per heavy atom. The summed E-state index contributed by atoms with van der Waals surface area (Å²) in [7, 11) is 0. The molecule has 1 saturated carbocycles. The van der Waals surface area contributed by atoms with Gasteiger partial charge < -0.3 is 5.32 Å². The number of hydrogen-bond donors (Lipinski definition) is 1. The zero-order valence-corrected chi connectivity index (χ0v) is 12.7. The number of pyridine rings is 1. The lowest BCUT2D eigenvalue weighted by Gasteiger charge is -2.21. The number of aryl methyl sites for hydroxylation is 1. The first kappa shape index (κ1) is 14.0. The molecule has 114 valence electrons. The Bertz CT molecular complexity index is 817. The van der Waals surface area contributed by atoms with E-state index in [0.717, 1.165) is 36.9 Å². The van der Waals surface area contributed by atoms with E-state index in [1.165, 1.54) is 5.56 Å². The van der Waals surface area contributed by atoms with Crippen LogP contribution in [0.5, 0.6) is 0 Å². The van der Waals surface area contributed by atoms with Gasteiger partial charge in [0, 0.05) is 6.20 Å². The maximum Gasteiger partial charge on any atom is 0.229 e. The summed E-state index contributed by atoms with van der Waals surface area (Å²) < 4.78 is 0. The van der Waals surface area contributed by atoms with Crippen molar-refractivity contribution in [3.8, 4) is 6.07 Å². The van der Waals surface area contributed by atoms with Crippen LogP contribution < -0.4 is 5.32 Å². The fourth-order valence-electron chi connectivity index (χ4n) is 3.49. The van der Waals surface area contributed by atoms with Crippen LogP contribution in [-0.2, 0) is 16.8 Å². The van der Waals surface area contributed by atoms with E-state index in [9.17, 15) is 4.79 Å². The molecule has 1 amide bonds. The van der Waals surface area contributed by atoms with E-state index in [-0.39, 0.29) is 17.4 Å². The Labute approximate surface area is 135 Å². The SMILES string of the molecule is N#Cc1cccc(C2(NC(=O)C3CCc4cccnc43)CC2)c1. The van der Waals surface area contributed by atoms with Crippen molar-refractivity contribution >= 4 is 5.91 Å². The molecule has 1 aromatic carbocycles. The van der Waals surface area contributed by atoms with E-state index in [2.05, 4.69) is 22.4 Å². The van der Waals surface area contributed by atoms with E-state index in [1.54, 1.807) is 12.3 Å². The predicted octanol–water partition coefficient (Wildman–Crippen LogP) is 2.79. The molecule has 0 bridgehead atoms. The van der Waals surface area contributed by atoms with Crippen molar-refractivity contribution in [2.75, 3.05) is 0 Å². The number of aromatic nitrogens is 1. The van der Waals surface area contributed by atoms with E-state index in [0.29, 0.717) is 5.56 Å². The number of amides is 1. The third kappa shape index (κ3) is 2.39. The number of rotatable bonds is 3. The molecule has 2 aliphatic rings. The first-order chi connectivity index (χ1) is 11.2. The monoisotopic (exact) mass is 303 g/mol. The highest BCUT2D eigenvalue weighted by Crippen LogP contribution is 2.46.